The van der Waals surface area contributed by atoms with Gasteiger partial charge in [-0.15, -0.1) is 0 Å². The summed E-state index contributed by atoms with van der Waals surface area (Å²) in [7, 11) is 0. The number of fused-ring (bicyclic) bond motifs is 1. The maximum absolute atomic E-state index is 5.08. The van der Waals surface area contributed by atoms with Gasteiger partial charge in [-0.05, 0) is 76.2 Å². The zero-order valence-electron chi connectivity index (χ0n) is 22.0. The third-order valence-corrected chi connectivity index (χ3v) is 7.44. The second-order valence-corrected chi connectivity index (χ2v) is 10.1. The van der Waals surface area contributed by atoms with Crippen molar-refractivity contribution in [1.82, 2.24) is 15.0 Å². The zero-order valence-corrected chi connectivity index (χ0v) is 22.0. The Morgan fingerprint density at radius 2 is 1.30 bits per heavy atom. The summed E-state index contributed by atoms with van der Waals surface area (Å²) in [5.74, 6) is 0.729. The number of aromatic nitrogens is 3. The van der Waals surface area contributed by atoms with Crippen LogP contribution >= 0.6 is 0 Å². The molecule has 0 spiro atoms. The van der Waals surface area contributed by atoms with Crippen molar-refractivity contribution >= 4 is 21.9 Å². The number of benzene rings is 4. The van der Waals surface area contributed by atoms with Crippen molar-refractivity contribution < 1.29 is 0 Å². The molecule has 3 nitrogen and oxygen atoms in total. The van der Waals surface area contributed by atoms with Crippen molar-refractivity contribution in [3.05, 3.63) is 151 Å². The van der Waals surface area contributed by atoms with Gasteiger partial charge in [-0.3, -0.25) is 4.98 Å². The molecule has 0 aliphatic heterocycles. The van der Waals surface area contributed by atoms with Crippen LogP contribution in [-0.2, 0) is 0 Å². The number of pyridine rings is 1. The summed E-state index contributed by atoms with van der Waals surface area (Å²) in [5.41, 5.74) is 9.84. The van der Waals surface area contributed by atoms with Crippen LogP contribution in [0.3, 0.4) is 0 Å². The molecule has 190 valence electrons. The molecule has 3 heteroatoms. The fourth-order valence-corrected chi connectivity index (χ4v) is 5.35. The molecule has 0 N–H and O–H groups in total. The maximum Gasteiger partial charge on any atom is 0.160 e. The Morgan fingerprint density at radius 1 is 0.525 bits per heavy atom. The van der Waals surface area contributed by atoms with Crippen LogP contribution in [-0.4, -0.2) is 15.0 Å². The minimum atomic E-state index is 0.729. The van der Waals surface area contributed by atoms with E-state index in [0.29, 0.717) is 0 Å². The normalized spacial score (nSPS) is 13.1. The molecule has 0 unspecified atom stereocenters. The molecular weight excluding hydrogens is 486 g/mol. The zero-order chi connectivity index (χ0) is 26.7. The first-order valence-corrected chi connectivity index (χ1v) is 13.7. The van der Waals surface area contributed by atoms with Gasteiger partial charge in [-0.2, -0.15) is 0 Å². The van der Waals surface area contributed by atoms with Gasteiger partial charge in [0.15, 0.2) is 5.82 Å². The van der Waals surface area contributed by atoms with Gasteiger partial charge in [0.25, 0.3) is 0 Å². The molecule has 2 aromatic heterocycles. The van der Waals surface area contributed by atoms with Gasteiger partial charge in [0.2, 0.25) is 0 Å². The SMILES string of the molecule is C1=C(c2ccc3ccccc3c2)CCC=C1c1cc(-c2cccc(-c3cccnc3)c2)nc(-c2ccccc2)n1. The first-order valence-electron chi connectivity index (χ1n) is 13.7. The molecule has 6 aromatic rings. The van der Waals surface area contributed by atoms with E-state index in [1.165, 1.54) is 21.9 Å². The fourth-order valence-electron chi connectivity index (χ4n) is 5.35. The second kappa shape index (κ2) is 10.5. The van der Waals surface area contributed by atoms with E-state index in [-0.39, 0.29) is 0 Å². The molecule has 0 saturated carbocycles. The van der Waals surface area contributed by atoms with Gasteiger partial charge in [-0.1, -0.05) is 97.1 Å². The number of rotatable bonds is 5. The van der Waals surface area contributed by atoms with Crippen LogP contribution < -0.4 is 0 Å². The lowest BCUT2D eigenvalue weighted by Crippen LogP contribution is -2.00. The molecule has 0 bridgehead atoms. The molecule has 0 radical (unpaired) electrons. The molecule has 2 heterocycles. The van der Waals surface area contributed by atoms with E-state index in [1.807, 2.05) is 30.5 Å². The van der Waals surface area contributed by atoms with Crippen LogP contribution in [0.25, 0.3) is 55.7 Å². The molecule has 1 aliphatic carbocycles. The topological polar surface area (TPSA) is 38.7 Å². The van der Waals surface area contributed by atoms with Gasteiger partial charge >= 0.3 is 0 Å². The van der Waals surface area contributed by atoms with Crippen molar-refractivity contribution in [3.63, 3.8) is 0 Å². The smallest absolute Gasteiger partial charge is 0.160 e. The predicted molar refractivity (Wildman–Crippen MR) is 165 cm³/mol. The third kappa shape index (κ3) is 4.85. The van der Waals surface area contributed by atoms with Gasteiger partial charge < -0.3 is 0 Å². The molecule has 4 aromatic carbocycles. The van der Waals surface area contributed by atoms with E-state index in [9.17, 15) is 0 Å². The van der Waals surface area contributed by atoms with Crippen molar-refractivity contribution in [3.8, 4) is 33.8 Å². The molecule has 0 saturated heterocycles. The molecule has 1 aliphatic rings. The van der Waals surface area contributed by atoms with Gasteiger partial charge in [0, 0.05) is 29.1 Å². The minimum Gasteiger partial charge on any atom is -0.264 e. The summed E-state index contributed by atoms with van der Waals surface area (Å²) in [4.78, 5) is 14.4. The van der Waals surface area contributed by atoms with Crippen LogP contribution in [0.2, 0.25) is 0 Å². The van der Waals surface area contributed by atoms with Crippen LogP contribution in [0.4, 0.5) is 0 Å². The highest BCUT2D eigenvalue weighted by Crippen LogP contribution is 2.34. The number of allylic oxidation sites excluding steroid dienone is 4. The Balaban J connectivity index is 1.33. The molecular formula is C37H27N3. The van der Waals surface area contributed by atoms with Gasteiger partial charge in [0.05, 0.1) is 11.4 Å². The molecule has 0 amide bonds. The third-order valence-electron chi connectivity index (χ3n) is 7.44. The van der Waals surface area contributed by atoms with E-state index >= 15 is 0 Å². The molecule has 0 atom stereocenters. The highest BCUT2D eigenvalue weighted by Gasteiger charge is 2.15. The summed E-state index contributed by atoms with van der Waals surface area (Å²) in [6.45, 7) is 0. The highest BCUT2D eigenvalue weighted by molar-refractivity contribution is 5.90. The monoisotopic (exact) mass is 513 g/mol. The Kier molecular flexibility index (Phi) is 6.31. The van der Waals surface area contributed by atoms with Crippen LogP contribution in [0, 0.1) is 0 Å². The van der Waals surface area contributed by atoms with E-state index in [4.69, 9.17) is 9.97 Å². The lowest BCUT2D eigenvalue weighted by atomic mass is 9.91. The fraction of sp³-hybridized carbons (Fsp3) is 0.0541. The minimum absolute atomic E-state index is 0.729. The van der Waals surface area contributed by atoms with Gasteiger partial charge in [0.1, 0.15) is 0 Å². The first kappa shape index (κ1) is 23.9. The van der Waals surface area contributed by atoms with Crippen molar-refractivity contribution in [1.29, 1.82) is 0 Å². The van der Waals surface area contributed by atoms with Crippen LogP contribution in [0.5, 0.6) is 0 Å². The Bertz CT molecular complexity index is 1890. The number of nitrogens with zero attached hydrogens (tertiary/aromatic N) is 3. The first-order chi connectivity index (χ1) is 19.8. The Morgan fingerprint density at radius 3 is 2.17 bits per heavy atom. The highest BCUT2D eigenvalue weighted by atomic mass is 14.9. The lowest BCUT2D eigenvalue weighted by Gasteiger charge is -2.16. The standard InChI is InChI=1S/C37H27N3/c1-2-10-27(11-3-1)37-39-35(24-36(40-37)33-16-7-14-30(23-33)34-17-8-20-38-25-34)32-15-6-13-29(22-32)31-19-18-26-9-4-5-12-28(26)21-31/h1-5,7-12,14-25H,6,13H2. The molecule has 40 heavy (non-hydrogen) atoms. The molecule has 0 fully saturated rings. The quantitative estimate of drug-likeness (QED) is 0.231. The lowest BCUT2D eigenvalue weighted by molar-refractivity contribution is 1.05. The van der Waals surface area contributed by atoms with Crippen molar-refractivity contribution in [2.45, 2.75) is 12.8 Å². The average Bonchev–Trinajstić information content (AvgIpc) is 3.05. The summed E-state index contributed by atoms with van der Waals surface area (Å²) < 4.78 is 0. The summed E-state index contributed by atoms with van der Waals surface area (Å²) in [6.07, 6.45) is 10.3. The second-order valence-electron chi connectivity index (χ2n) is 10.1. The van der Waals surface area contributed by atoms with E-state index < -0.39 is 0 Å². The largest absolute Gasteiger partial charge is 0.264 e. The van der Waals surface area contributed by atoms with E-state index in [2.05, 4.69) is 108 Å². The Hall–Kier alpha value is -5.15. The van der Waals surface area contributed by atoms with Crippen LogP contribution in [0.1, 0.15) is 24.1 Å². The van der Waals surface area contributed by atoms with Crippen molar-refractivity contribution in [2.75, 3.05) is 0 Å². The summed E-state index contributed by atoms with van der Waals surface area (Å²) in [6, 6.07) is 40.2. The maximum atomic E-state index is 5.08. The average molecular weight is 514 g/mol. The molecule has 7 rings (SSSR count). The van der Waals surface area contributed by atoms with Crippen molar-refractivity contribution in [2.24, 2.45) is 0 Å². The number of hydrogen-bond donors (Lipinski definition) is 0. The van der Waals surface area contributed by atoms with E-state index in [1.54, 1.807) is 6.20 Å². The number of hydrogen-bond acceptors (Lipinski definition) is 3. The van der Waals surface area contributed by atoms with Crippen LogP contribution in [0.15, 0.2) is 140 Å². The predicted octanol–water partition coefficient (Wildman–Crippen LogP) is 9.29. The van der Waals surface area contributed by atoms with E-state index in [0.717, 1.165) is 57.9 Å². The summed E-state index contributed by atoms with van der Waals surface area (Å²) >= 11 is 0. The van der Waals surface area contributed by atoms with Gasteiger partial charge in [-0.25, -0.2) is 9.97 Å². The summed E-state index contributed by atoms with van der Waals surface area (Å²) in [5, 5.41) is 2.53. The Labute approximate surface area is 234 Å².